The highest BCUT2D eigenvalue weighted by Crippen LogP contribution is 2.35. The number of fused-ring (bicyclic) bond motifs is 1. The number of amidine groups is 1. The van der Waals surface area contributed by atoms with E-state index in [0.717, 1.165) is 6.20 Å². The van der Waals surface area contributed by atoms with Gasteiger partial charge in [-0.3, -0.25) is 9.97 Å². The van der Waals surface area contributed by atoms with E-state index in [2.05, 4.69) is 15.0 Å². The van der Waals surface area contributed by atoms with Crippen LogP contribution in [0.5, 0.6) is 0 Å². The van der Waals surface area contributed by atoms with Gasteiger partial charge in [-0.1, -0.05) is 30.2 Å². The molecule has 172 valence electrons. The van der Waals surface area contributed by atoms with Crippen LogP contribution < -0.4 is 5.73 Å². The number of guanidine groups is 1. The molecule has 4 heterocycles. The second kappa shape index (κ2) is 8.56. The van der Waals surface area contributed by atoms with E-state index in [9.17, 15) is 14.7 Å². The third-order valence-electron chi connectivity index (χ3n) is 5.29. The summed E-state index contributed by atoms with van der Waals surface area (Å²) >= 11 is 0. The second-order valence-electron chi connectivity index (χ2n) is 7.64. The summed E-state index contributed by atoms with van der Waals surface area (Å²) < 4.78 is 54.7. The predicted molar refractivity (Wildman–Crippen MR) is 125 cm³/mol. The number of aromatic nitrogens is 2. The molecule has 3 aromatic rings. The lowest BCUT2D eigenvalue weighted by Crippen LogP contribution is -2.44. The molecule has 1 aromatic carbocycles. The number of hydrogen-bond donors (Lipinski definition) is 2. The fourth-order valence-corrected chi connectivity index (χ4v) is 3.85. The van der Waals surface area contributed by atoms with Crippen LogP contribution in [0.4, 0.5) is 4.39 Å². The molecule has 0 radical (unpaired) electrons. The zero-order chi connectivity index (χ0) is 28.2. The number of aliphatic hydroxyl groups excluding tert-OH is 1. The summed E-state index contributed by atoms with van der Waals surface area (Å²) in [5.74, 6) is -0.677. The molecule has 0 spiro atoms. The number of hydrazine groups is 1. The van der Waals surface area contributed by atoms with Gasteiger partial charge in [-0.2, -0.15) is 19.7 Å². The van der Waals surface area contributed by atoms with Gasteiger partial charge in [0.1, 0.15) is 17.9 Å². The van der Waals surface area contributed by atoms with E-state index < -0.39 is 42.6 Å². The first-order valence-electron chi connectivity index (χ1n) is 12.7. The van der Waals surface area contributed by atoms with Gasteiger partial charge in [0.05, 0.1) is 36.7 Å². The molecule has 5 rings (SSSR count). The Labute approximate surface area is 202 Å². The third kappa shape index (κ3) is 3.84. The van der Waals surface area contributed by atoms with E-state index in [1.165, 1.54) is 28.1 Å². The Kier molecular flexibility index (Phi) is 4.11. The van der Waals surface area contributed by atoms with E-state index >= 15 is 0 Å². The highest BCUT2D eigenvalue weighted by molar-refractivity contribution is 6.33. The molecule has 34 heavy (non-hydrogen) atoms. The Morgan fingerprint density at radius 3 is 2.71 bits per heavy atom. The first kappa shape index (κ1) is 16.3. The summed E-state index contributed by atoms with van der Waals surface area (Å²) in [7, 11) is 0. The fourth-order valence-electron chi connectivity index (χ4n) is 3.85. The van der Waals surface area contributed by atoms with Crippen molar-refractivity contribution < 1.29 is 21.2 Å². The van der Waals surface area contributed by atoms with Crippen molar-refractivity contribution in [3.63, 3.8) is 0 Å². The minimum atomic E-state index is -0.579. The number of nitrogens with two attached hydrogens (primary N) is 1. The van der Waals surface area contributed by atoms with E-state index in [0.29, 0.717) is 21.8 Å². The summed E-state index contributed by atoms with van der Waals surface area (Å²) in [5.41, 5.74) is 7.63. The van der Waals surface area contributed by atoms with E-state index in [1.807, 2.05) is 0 Å². The lowest BCUT2D eigenvalue weighted by molar-refractivity contribution is -0.630. The van der Waals surface area contributed by atoms with E-state index in [-0.39, 0.29) is 47.5 Å². The van der Waals surface area contributed by atoms with E-state index in [1.54, 1.807) is 13.0 Å². The Balaban J connectivity index is 1.80. The second-order valence-corrected chi connectivity index (χ2v) is 7.64. The third-order valence-corrected chi connectivity index (χ3v) is 5.29. The molecule has 10 heteroatoms. The summed E-state index contributed by atoms with van der Waals surface area (Å²) in [6, 6.07) is 3.06. The number of nitrogens with zero attached hydrogens (tertiary/aromatic N) is 6. The average molecular weight is 465 g/mol. The van der Waals surface area contributed by atoms with Gasteiger partial charge in [0, 0.05) is 11.3 Å². The number of rotatable bonds is 5. The first-order chi connectivity index (χ1) is 18.5. The molecule has 2 aliphatic heterocycles. The van der Waals surface area contributed by atoms with Crippen molar-refractivity contribution in [1.82, 2.24) is 19.9 Å². The Hall–Kier alpha value is -4.31. The summed E-state index contributed by atoms with van der Waals surface area (Å²) in [4.78, 5) is 14.7. The number of aliphatic hydroxyl groups is 1. The maximum Gasteiger partial charge on any atom is 0.318 e. The number of pyridine rings is 2. The zero-order valence-electron chi connectivity index (χ0n) is 23.0. The normalized spacial score (nSPS) is 17.7. The maximum absolute atomic E-state index is 13.8. The number of halogens is 1. The Morgan fingerprint density at radius 2 is 2.00 bits per heavy atom. The van der Waals surface area contributed by atoms with Gasteiger partial charge in [0.15, 0.2) is 6.67 Å². The highest BCUT2D eigenvalue weighted by atomic mass is 19.1. The number of aryl methyl sites for hydroxylation is 1. The monoisotopic (exact) mass is 464 g/mol. The SMILES string of the molecule is [2H]c1c([2H])c([2H])c(C2=C(c3cc(C)nc(CO)c3)C3=[N+]([O-])N(Cc4ccc(F)cn4)CN3C(N)=N2)c([2H])c1[2H]. The van der Waals surface area contributed by atoms with Gasteiger partial charge in [0.25, 0.3) is 5.96 Å². The van der Waals surface area contributed by atoms with Crippen molar-refractivity contribution >= 4 is 23.1 Å². The van der Waals surface area contributed by atoms with Crippen LogP contribution in [0, 0.1) is 17.9 Å². The Morgan fingerprint density at radius 1 is 1.21 bits per heavy atom. The van der Waals surface area contributed by atoms with Crippen molar-refractivity contribution in [3.05, 3.63) is 99.9 Å². The number of benzene rings is 1. The molecule has 0 saturated carbocycles. The highest BCUT2D eigenvalue weighted by Gasteiger charge is 2.44. The summed E-state index contributed by atoms with van der Waals surface area (Å²) in [6.07, 6.45) is 1.04. The average Bonchev–Trinajstić information content (AvgIpc) is 3.23. The van der Waals surface area contributed by atoms with Crippen LogP contribution in [0.25, 0.3) is 11.3 Å². The largest absolute Gasteiger partial charge is 0.692 e. The quantitative estimate of drug-likeness (QED) is 0.439. The maximum atomic E-state index is 13.8. The van der Waals surface area contributed by atoms with Crippen LogP contribution in [0.15, 0.2) is 65.7 Å². The predicted octanol–water partition coefficient (Wildman–Crippen LogP) is 2.21. The van der Waals surface area contributed by atoms with Crippen LogP contribution in [-0.2, 0) is 13.2 Å². The molecule has 0 amide bonds. The molecular weight excluding hydrogens is 437 g/mol. The van der Waals surface area contributed by atoms with Crippen molar-refractivity contribution in [2.45, 2.75) is 20.1 Å². The molecule has 3 N–H and O–H groups in total. The molecule has 0 unspecified atom stereocenters. The molecule has 9 nitrogen and oxygen atoms in total. The minimum absolute atomic E-state index is 0.00833. The van der Waals surface area contributed by atoms with Crippen LogP contribution >= 0.6 is 0 Å². The molecule has 0 saturated heterocycles. The van der Waals surface area contributed by atoms with Crippen molar-refractivity contribution in [2.24, 2.45) is 10.7 Å². The summed E-state index contributed by atoms with van der Waals surface area (Å²) in [6.45, 7) is 1.22. The molecule has 0 bridgehead atoms. The Bertz CT molecular complexity index is 1580. The van der Waals surface area contributed by atoms with Crippen LogP contribution in [0.3, 0.4) is 0 Å². The van der Waals surface area contributed by atoms with Crippen LogP contribution in [0.1, 0.15) is 35.1 Å². The number of hydrazone groups is 1. The van der Waals surface area contributed by atoms with Crippen LogP contribution in [0.2, 0.25) is 0 Å². The first-order valence-corrected chi connectivity index (χ1v) is 10.2. The lowest BCUT2D eigenvalue weighted by Gasteiger charge is -2.22. The van der Waals surface area contributed by atoms with Gasteiger partial charge in [-0.15, -0.1) is 0 Å². The smallest absolute Gasteiger partial charge is 0.318 e. The molecule has 0 aliphatic carbocycles. The van der Waals surface area contributed by atoms with Gasteiger partial charge < -0.3 is 16.0 Å². The molecular formula is C24H22FN7O2. The van der Waals surface area contributed by atoms with Crippen molar-refractivity contribution in [2.75, 3.05) is 6.67 Å². The van der Waals surface area contributed by atoms with Gasteiger partial charge in [0.2, 0.25) is 0 Å². The van der Waals surface area contributed by atoms with Crippen molar-refractivity contribution in [1.29, 1.82) is 0 Å². The number of hydrogen-bond acceptors (Lipinski definition) is 8. The minimum Gasteiger partial charge on any atom is -0.692 e. The zero-order valence-corrected chi connectivity index (χ0v) is 18.0. The number of aliphatic imine (C=N–C) groups is 1. The summed E-state index contributed by atoms with van der Waals surface area (Å²) in [5, 5.41) is 24.9. The van der Waals surface area contributed by atoms with Gasteiger partial charge >= 0.3 is 5.84 Å². The topological polar surface area (TPSA) is 117 Å². The lowest BCUT2D eigenvalue weighted by atomic mass is 9.96. The molecule has 2 aliphatic rings. The molecule has 0 atom stereocenters. The van der Waals surface area contributed by atoms with Gasteiger partial charge in [-0.05, 0) is 36.8 Å². The standard InChI is InChI=1S/C24H22FN7O2/c1-15-9-17(10-20(13-33)28-15)21-22(16-5-3-2-4-6-16)29-24(26)31-14-30(32(34)23(21)31)12-19-8-7-18(25)11-27-19/h2-11,33H,12-14H2,1H3,(H2,26,29)/i2D,3D,4D,5D,6D. The fraction of sp³-hybridized carbons (Fsp3) is 0.167. The molecule has 2 aromatic heterocycles. The molecule has 0 fully saturated rings. The van der Waals surface area contributed by atoms with Gasteiger partial charge in [-0.25, -0.2) is 4.39 Å². The van der Waals surface area contributed by atoms with E-state index in [4.69, 9.17) is 12.6 Å². The van der Waals surface area contributed by atoms with Crippen LogP contribution in [-0.4, -0.2) is 48.3 Å². The van der Waals surface area contributed by atoms with Crippen molar-refractivity contribution in [3.8, 4) is 0 Å².